The summed E-state index contributed by atoms with van der Waals surface area (Å²) in [6.07, 6.45) is -1.72. The van der Waals surface area contributed by atoms with Crippen molar-refractivity contribution in [3.05, 3.63) is 29.8 Å². The third-order valence-electron chi connectivity index (χ3n) is 3.37. The van der Waals surface area contributed by atoms with Gasteiger partial charge in [0.25, 0.3) is 10.1 Å². The molecule has 1 rings (SSSR count). The summed E-state index contributed by atoms with van der Waals surface area (Å²) in [7, 11) is -2.59. The number of alkyl carbamates (subject to hydrolysis) is 1. The van der Waals surface area contributed by atoms with Gasteiger partial charge in [-0.2, -0.15) is 8.42 Å². The van der Waals surface area contributed by atoms with Gasteiger partial charge in [0, 0.05) is 0 Å². The zero-order valence-electron chi connectivity index (χ0n) is 18.6. The normalized spacial score (nSPS) is 14.4. The van der Waals surface area contributed by atoms with E-state index in [1.165, 1.54) is 7.11 Å². The summed E-state index contributed by atoms with van der Waals surface area (Å²) in [5.74, 6) is -0.419. The van der Waals surface area contributed by atoms with Gasteiger partial charge < -0.3 is 19.5 Å². The average Bonchev–Trinajstić information content (AvgIpc) is 2.54. The predicted molar refractivity (Wildman–Crippen MR) is 111 cm³/mol. The van der Waals surface area contributed by atoms with E-state index in [9.17, 15) is 18.0 Å². The number of hydrogen-bond acceptors (Lipinski definition) is 8. The number of carbonyl (C=O) groups excluding carboxylic acids is 2. The molecule has 0 aliphatic rings. The Labute approximate surface area is 178 Å². The molecule has 0 heterocycles. The summed E-state index contributed by atoms with van der Waals surface area (Å²) < 4.78 is 44.5. The highest BCUT2D eigenvalue weighted by molar-refractivity contribution is 7.86. The van der Waals surface area contributed by atoms with Gasteiger partial charge in [0.05, 0.1) is 19.4 Å². The molecule has 30 heavy (non-hydrogen) atoms. The van der Waals surface area contributed by atoms with Gasteiger partial charge in [0.2, 0.25) is 0 Å². The number of rotatable bonds is 7. The van der Waals surface area contributed by atoms with Crippen molar-refractivity contribution in [2.75, 3.05) is 13.4 Å². The third kappa shape index (κ3) is 9.45. The maximum absolute atomic E-state index is 12.8. The van der Waals surface area contributed by atoms with Crippen LogP contribution in [-0.2, 0) is 28.6 Å². The molecule has 0 aliphatic carbocycles. The van der Waals surface area contributed by atoms with Crippen molar-refractivity contribution in [2.24, 2.45) is 0 Å². The molecule has 0 bridgehead atoms. The van der Waals surface area contributed by atoms with Gasteiger partial charge in [0.1, 0.15) is 17.0 Å². The lowest BCUT2D eigenvalue weighted by molar-refractivity contribution is -0.164. The second kappa shape index (κ2) is 9.65. The molecular formula is C20H31NO8S. The largest absolute Gasteiger partial charge is 0.497 e. The molecule has 1 amide bonds. The van der Waals surface area contributed by atoms with E-state index in [1.807, 2.05) is 0 Å². The lowest BCUT2D eigenvalue weighted by Crippen LogP contribution is -2.46. The Bertz CT molecular complexity index is 835. The first-order chi connectivity index (χ1) is 13.5. The highest BCUT2D eigenvalue weighted by Crippen LogP contribution is 2.26. The highest BCUT2D eigenvalue weighted by Gasteiger charge is 2.38. The maximum atomic E-state index is 12.8. The lowest BCUT2D eigenvalue weighted by atomic mass is 10.0. The van der Waals surface area contributed by atoms with Crippen LogP contribution < -0.4 is 10.1 Å². The first-order valence-electron chi connectivity index (χ1n) is 9.25. The molecule has 0 spiro atoms. The molecular weight excluding hydrogens is 414 g/mol. The second-order valence-electron chi connectivity index (χ2n) is 8.65. The van der Waals surface area contributed by atoms with Crippen molar-refractivity contribution in [2.45, 2.75) is 64.9 Å². The first kappa shape index (κ1) is 25.7. The molecule has 0 unspecified atom stereocenters. The topological polar surface area (TPSA) is 117 Å². The number of hydrogen-bond donors (Lipinski definition) is 1. The quantitative estimate of drug-likeness (QED) is 0.503. The minimum atomic E-state index is -4.08. The summed E-state index contributed by atoms with van der Waals surface area (Å²) >= 11 is 0. The van der Waals surface area contributed by atoms with E-state index in [0.29, 0.717) is 11.3 Å². The van der Waals surface area contributed by atoms with Gasteiger partial charge in [-0.25, -0.2) is 9.59 Å². The third-order valence-corrected chi connectivity index (χ3v) is 3.92. The van der Waals surface area contributed by atoms with Crippen molar-refractivity contribution in [1.29, 1.82) is 0 Å². The van der Waals surface area contributed by atoms with E-state index < -0.39 is 45.5 Å². The number of ether oxygens (including phenoxy) is 3. The molecule has 170 valence electrons. The molecule has 1 aromatic carbocycles. The zero-order chi connectivity index (χ0) is 23.3. The van der Waals surface area contributed by atoms with E-state index >= 15 is 0 Å². The Kier molecular flexibility index (Phi) is 8.27. The Morgan fingerprint density at radius 1 is 0.933 bits per heavy atom. The molecule has 9 nitrogen and oxygen atoms in total. The number of nitrogens with one attached hydrogen (secondary N) is 1. The molecule has 0 radical (unpaired) electrons. The van der Waals surface area contributed by atoms with Crippen LogP contribution in [0.2, 0.25) is 0 Å². The molecule has 10 heteroatoms. The fourth-order valence-electron chi connectivity index (χ4n) is 2.36. The van der Waals surface area contributed by atoms with Crippen molar-refractivity contribution >= 4 is 22.2 Å². The number of esters is 1. The number of benzene rings is 1. The van der Waals surface area contributed by atoms with Crippen LogP contribution in [-0.4, -0.2) is 51.2 Å². The fraction of sp³-hybridized carbons (Fsp3) is 0.600. The number of methoxy groups -OCH3 is 1. The molecule has 1 aromatic rings. The second-order valence-corrected chi connectivity index (χ2v) is 10.3. The minimum Gasteiger partial charge on any atom is -0.497 e. The summed E-state index contributed by atoms with van der Waals surface area (Å²) in [6.45, 7) is 9.91. The highest BCUT2D eigenvalue weighted by atomic mass is 32.2. The number of carbonyl (C=O) groups is 2. The average molecular weight is 446 g/mol. The van der Waals surface area contributed by atoms with Gasteiger partial charge in [-0.3, -0.25) is 4.18 Å². The van der Waals surface area contributed by atoms with Crippen LogP contribution in [0.5, 0.6) is 5.75 Å². The Morgan fingerprint density at radius 2 is 1.43 bits per heavy atom. The SMILES string of the molecule is COc1ccc([C@@H](NC(=O)OC(C)(C)C)[C@@H](OS(C)(=O)=O)C(=O)OC(C)(C)C)cc1. The summed E-state index contributed by atoms with van der Waals surface area (Å²) in [5, 5.41) is 2.52. The standard InChI is InChI=1S/C20H31NO8S/c1-19(2,3)27-17(22)16(29-30(8,24)25)15(21-18(23)28-20(4,5)6)13-9-11-14(26-7)12-10-13/h9-12,15-16H,1-8H3,(H,21,23)/t15-,16-/m1/s1. The Balaban J connectivity index is 3.41. The molecule has 0 saturated carbocycles. The van der Waals surface area contributed by atoms with Crippen molar-refractivity contribution in [3.8, 4) is 5.75 Å². The molecule has 2 atom stereocenters. The van der Waals surface area contributed by atoms with Crippen LogP contribution in [0, 0.1) is 0 Å². The molecule has 0 saturated heterocycles. The van der Waals surface area contributed by atoms with Crippen molar-refractivity contribution in [1.82, 2.24) is 5.32 Å². The monoisotopic (exact) mass is 445 g/mol. The van der Waals surface area contributed by atoms with Crippen LogP contribution in [0.1, 0.15) is 53.1 Å². The fourth-order valence-corrected chi connectivity index (χ4v) is 2.92. The Hall–Kier alpha value is -2.33. The van der Waals surface area contributed by atoms with Crippen LogP contribution in [0.3, 0.4) is 0 Å². The summed E-state index contributed by atoms with van der Waals surface area (Å²) in [6, 6.07) is 5.14. The van der Waals surface area contributed by atoms with Crippen LogP contribution in [0.15, 0.2) is 24.3 Å². The summed E-state index contributed by atoms with van der Waals surface area (Å²) in [4.78, 5) is 25.2. The molecule has 0 aromatic heterocycles. The van der Waals surface area contributed by atoms with Gasteiger partial charge in [-0.15, -0.1) is 0 Å². The van der Waals surface area contributed by atoms with E-state index in [-0.39, 0.29) is 0 Å². The van der Waals surface area contributed by atoms with Crippen LogP contribution >= 0.6 is 0 Å². The van der Waals surface area contributed by atoms with E-state index in [0.717, 1.165) is 6.26 Å². The van der Waals surface area contributed by atoms with Gasteiger partial charge >= 0.3 is 12.1 Å². The smallest absolute Gasteiger partial charge is 0.408 e. The maximum Gasteiger partial charge on any atom is 0.408 e. The first-order valence-corrected chi connectivity index (χ1v) is 11.1. The van der Waals surface area contributed by atoms with Crippen molar-refractivity contribution < 1.29 is 36.4 Å². The minimum absolute atomic E-state index is 0.390. The van der Waals surface area contributed by atoms with Crippen LogP contribution in [0.25, 0.3) is 0 Å². The number of amides is 1. The lowest BCUT2D eigenvalue weighted by Gasteiger charge is -2.30. The van der Waals surface area contributed by atoms with E-state index in [2.05, 4.69) is 5.32 Å². The van der Waals surface area contributed by atoms with Gasteiger partial charge in [-0.1, -0.05) is 12.1 Å². The molecule has 0 fully saturated rings. The molecule has 0 aliphatic heterocycles. The van der Waals surface area contributed by atoms with Gasteiger partial charge in [0.15, 0.2) is 6.10 Å². The predicted octanol–water partition coefficient (Wildman–Crippen LogP) is 2.95. The summed E-state index contributed by atoms with van der Waals surface area (Å²) in [5.41, 5.74) is -1.33. The van der Waals surface area contributed by atoms with Crippen LogP contribution in [0.4, 0.5) is 4.79 Å². The van der Waals surface area contributed by atoms with Crippen molar-refractivity contribution in [3.63, 3.8) is 0 Å². The van der Waals surface area contributed by atoms with Gasteiger partial charge in [-0.05, 0) is 59.2 Å². The Morgan fingerprint density at radius 3 is 1.83 bits per heavy atom. The molecule has 1 N–H and O–H groups in total. The van der Waals surface area contributed by atoms with E-state index in [1.54, 1.807) is 65.8 Å². The zero-order valence-corrected chi connectivity index (χ0v) is 19.5. The van der Waals surface area contributed by atoms with E-state index in [4.69, 9.17) is 18.4 Å².